The maximum atomic E-state index is 12.2. The van der Waals surface area contributed by atoms with Gasteiger partial charge in [0.25, 0.3) is 5.56 Å². The number of hydrogen-bond donors (Lipinski definition) is 0. The predicted molar refractivity (Wildman–Crippen MR) is 68.7 cm³/mol. The average molecular weight is 261 g/mol. The Labute approximate surface area is 107 Å². The fourth-order valence-corrected chi connectivity index (χ4v) is 2.43. The van der Waals surface area contributed by atoms with Crippen LogP contribution in [0.4, 0.5) is 0 Å². The third-order valence-corrected chi connectivity index (χ3v) is 3.48. The Morgan fingerprint density at radius 2 is 2.28 bits per heavy atom. The van der Waals surface area contributed by atoms with Crippen LogP contribution in [0.5, 0.6) is 0 Å². The molecule has 3 aromatic rings. The lowest BCUT2D eigenvalue weighted by atomic mass is 10.4. The van der Waals surface area contributed by atoms with Crippen molar-refractivity contribution in [3.8, 4) is 0 Å². The van der Waals surface area contributed by atoms with Crippen molar-refractivity contribution >= 4 is 22.4 Å². The summed E-state index contributed by atoms with van der Waals surface area (Å²) >= 11 is 1.52. The van der Waals surface area contributed by atoms with E-state index in [1.54, 1.807) is 28.0 Å². The molecule has 0 unspecified atom stereocenters. The van der Waals surface area contributed by atoms with Crippen molar-refractivity contribution in [3.63, 3.8) is 0 Å². The molecule has 0 aliphatic carbocycles. The first-order valence-corrected chi connectivity index (χ1v) is 6.47. The molecule has 0 atom stereocenters. The van der Waals surface area contributed by atoms with Gasteiger partial charge in [0.2, 0.25) is 0 Å². The number of fused-ring (bicyclic) bond motifs is 1. The van der Waals surface area contributed by atoms with E-state index in [1.165, 1.54) is 11.3 Å². The molecule has 3 aromatic heterocycles. The van der Waals surface area contributed by atoms with Crippen molar-refractivity contribution in [2.45, 2.75) is 20.0 Å². The smallest absolute Gasteiger partial charge is 0.264 e. The second-order valence-corrected chi connectivity index (χ2v) is 4.78. The third-order valence-electron chi connectivity index (χ3n) is 2.71. The minimum Gasteiger partial charge on any atom is -0.292 e. The first-order valence-electron chi connectivity index (χ1n) is 5.59. The molecular weight excluding hydrogens is 250 g/mol. The van der Waals surface area contributed by atoms with Crippen LogP contribution in [-0.4, -0.2) is 24.3 Å². The summed E-state index contributed by atoms with van der Waals surface area (Å²) in [6, 6.07) is 0. The third kappa shape index (κ3) is 1.72. The van der Waals surface area contributed by atoms with Crippen LogP contribution in [0.1, 0.15) is 11.9 Å². The summed E-state index contributed by atoms with van der Waals surface area (Å²) in [6.45, 7) is 3.12. The highest BCUT2D eigenvalue weighted by Gasteiger charge is 2.09. The monoisotopic (exact) mass is 261 g/mol. The first-order chi connectivity index (χ1) is 8.79. The van der Waals surface area contributed by atoms with E-state index in [-0.39, 0.29) is 5.56 Å². The summed E-state index contributed by atoms with van der Waals surface area (Å²) in [6.07, 6.45) is 4.86. The van der Waals surface area contributed by atoms with E-state index in [0.29, 0.717) is 24.1 Å². The lowest BCUT2D eigenvalue weighted by Crippen LogP contribution is -2.21. The van der Waals surface area contributed by atoms with Gasteiger partial charge in [-0.05, 0) is 6.92 Å². The fraction of sp³-hybridized carbons (Fsp3) is 0.273. The van der Waals surface area contributed by atoms with E-state index < -0.39 is 0 Å². The van der Waals surface area contributed by atoms with Gasteiger partial charge in [0.05, 0.1) is 12.7 Å². The molecule has 0 saturated heterocycles. The summed E-state index contributed by atoms with van der Waals surface area (Å²) < 4.78 is 3.27. The number of thiazole rings is 1. The van der Waals surface area contributed by atoms with Gasteiger partial charge in [-0.15, -0.1) is 11.3 Å². The SMILES string of the molecule is CCn1ncc2c(=O)n(Cc3nccs3)cnc21. The minimum atomic E-state index is -0.0742. The highest BCUT2D eigenvalue weighted by atomic mass is 32.1. The number of hydrogen-bond acceptors (Lipinski definition) is 5. The van der Waals surface area contributed by atoms with Gasteiger partial charge in [0.15, 0.2) is 5.65 Å². The van der Waals surface area contributed by atoms with Crippen LogP contribution in [0, 0.1) is 0 Å². The van der Waals surface area contributed by atoms with Gasteiger partial charge in [-0.1, -0.05) is 0 Å². The van der Waals surface area contributed by atoms with Crippen molar-refractivity contribution in [1.82, 2.24) is 24.3 Å². The molecule has 0 spiro atoms. The average Bonchev–Trinajstić information content (AvgIpc) is 3.02. The summed E-state index contributed by atoms with van der Waals surface area (Å²) in [4.78, 5) is 20.7. The van der Waals surface area contributed by atoms with Gasteiger partial charge >= 0.3 is 0 Å². The molecular formula is C11H11N5OS. The van der Waals surface area contributed by atoms with Crippen molar-refractivity contribution in [1.29, 1.82) is 0 Å². The molecule has 0 bridgehead atoms. The Hall–Kier alpha value is -2.02. The maximum Gasteiger partial charge on any atom is 0.264 e. The van der Waals surface area contributed by atoms with E-state index in [0.717, 1.165) is 5.01 Å². The molecule has 0 aliphatic rings. The van der Waals surface area contributed by atoms with E-state index >= 15 is 0 Å². The summed E-state index contributed by atoms with van der Waals surface area (Å²) in [7, 11) is 0. The fourth-order valence-electron chi connectivity index (χ4n) is 1.82. The Morgan fingerprint density at radius 3 is 3.00 bits per heavy atom. The Balaban J connectivity index is 2.09. The highest BCUT2D eigenvalue weighted by molar-refractivity contribution is 7.09. The van der Waals surface area contributed by atoms with Gasteiger partial charge in [0, 0.05) is 18.1 Å². The summed E-state index contributed by atoms with van der Waals surface area (Å²) in [5.41, 5.74) is 0.563. The molecule has 0 N–H and O–H groups in total. The molecule has 6 nitrogen and oxygen atoms in total. The molecule has 18 heavy (non-hydrogen) atoms. The summed E-state index contributed by atoms with van der Waals surface area (Å²) in [5.74, 6) is 0. The number of rotatable bonds is 3. The normalized spacial score (nSPS) is 11.2. The minimum absolute atomic E-state index is 0.0742. The standard InChI is InChI=1S/C11H11N5OS/c1-2-16-10-8(5-14-16)11(17)15(7-13-10)6-9-12-3-4-18-9/h3-5,7H,2,6H2,1H3. The van der Waals surface area contributed by atoms with Crippen LogP contribution < -0.4 is 5.56 Å². The lowest BCUT2D eigenvalue weighted by molar-refractivity contribution is 0.671. The second-order valence-electron chi connectivity index (χ2n) is 3.80. The largest absolute Gasteiger partial charge is 0.292 e. The molecule has 7 heteroatoms. The van der Waals surface area contributed by atoms with Crippen LogP contribution in [-0.2, 0) is 13.1 Å². The lowest BCUT2D eigenvalue weighted by Gasteiger charge is -2.03. The predicted octanol–water partition coefficient (Wildman–Crippen LogP) is 1.12. The van der Waals surface area contributed by atoms with Crippen LogP contribution in [0.15, 0.2) is 28.9 Å². The molecule has 0 aliphatic heterocycles. The quantitative estimate of drug-likeness (QED) is 0.708. The van der Waals surface area contributed by atoms with Crippen molar-refractivity contribution in [2.24, 2.45) is 0 Å². The molecule has 3 rings (SSSR count). The van der Waals surface area contributed by atoms with Gasteiger partial charge < -0.3 is 0 Å². The molecule has 3 heterocycles. The van der Waals surface area contributed by atoms with Gasteiger partial charge in [-0.3, -0.25) is 9.36 Å². The van der Waals surface area contributed by atoms with Crippen LogP contribution >= 0.6 is 11.3 Å². The topological polar surface area (TPSA) is 65.6 Å². The highest BCUT2D eigenvalue weighted by Crippen LogP contribution is 2.08. The maximum absolute atomic E-state index is 12.2. The van der Waals surface area contributed by atoms with E-state index in [2.05, 4.69) is 15.1 Å². The first kappa shape index (κ1) is 11.1. The summed E-state index contributed by atoms with van der Waals surface area (Å²) in [5, 5.41) is 7.47. The van der Waals surface area contributed by atoms with E-state index in [4.69, 9.17) is 0 Å². The zero-order valence-electron chi connectivity index (χ0n) is 9.78. The molecule has 0 radical (unpaired) electrons. The molecule has 0 amide bonds. The number of nitrogens with zero attached hydrogens (tertiary/aromatic N) is 5. The van der Waals surface area contributed by atoms with Crippen molar-refractivity contribution in [2.75, 3.05) is 0 Å². The molecule has 0 aromatic carbocycles. The number of aryl methyl sites for hydroxylation is 1. The van der Waals surface area contributed by atoms with Gasteiger partial charge in [0.1, 0.15) is 16.7 Å². The molecule has 0 saturated carbocycles. The zero-order valence-corrected chi connectivity index (χ0v) is 10.6. The van der Waals surface area contributed by atoms with Crippen molar-refractivity contribution < 1.29 is 0 Å². The van der Waals surface area contributed by atoms with E-state index in [1.807, 2.05) is 12.3 Å². The van der Waals surface area contributed by atoms with Gasteiger partial charge in [-0.2, -0.15) is 5.10 Å². The Morgan fingerprint density at radius 1 is 1.39 bits per heavy atom. The Kier molecular flexibility index (Phi) is 2.67. The second kappa shape index (κ2) is 4.34. The zero-order chi connectivity index (χ0) is 12.5. The van der Waals surface area contributed by atoms with E-state index in [9.17, 15) is 4.79 Å². The van der Waals surface area contributed by atoms with Crippen molar-refractivity contribution in [3.05, 3.63) is 39.5 Å². The van der Waals surface area contributed by atoms with Crippen LogP contribution in [0.25, 0.3) is 11.0 Å². The van der Waals surface area contributed by atoms with Crippen LogP contribution in [0.2, 0.25) is 0 Å². The van der Waals surface area contributed by atoms with Gasteiger partial charge in [-0.25, -0.2) is 14.6 Å². The Bertz CT molecular complexity index is 728. The molecule has 0 fully saturated rings. The molecule has 92 valence electrons. The number of aromatic nitrogens is 5. The van der Waals surface area contributed by atoms with Crippen LogP contribution in [0.3, 0.4) is 0 Å².